The van der Waals surface area contributed by atoms with Crippen LogP contribution in [-0.4, -0.2) is 45.4 Å². The van der Waals surface area contributed by atoms with Gasteiger partial charge in [-0.2, -0.15) is 0 Å². The molecule has 6 heteroatoms. The van der Waals surface area contributed by atoms with Crippen LogP contribution in [0.25, 0.3) is 0 Å². The highest BCUT2D eigenvalue weighted by atomic mass is 127. The van der Waals surface area contributed by atoms with E-state index in [-0.39, 0.29) is 36.1 Å². The van der Waals surface area contributed by atoms with Crippen molar-refractivity contribution in [2.75, 3.05) is 27.3 Å². The van der Waals surface area contributed by atoms with E-state index >= 15 is 0 Å². The van der Waals surface area contributed by atoms with Gasteiger partial charge in [-0.15, -0.1) is 24.0 Å². The molecule has 23 heavy (non-hydrogen) atoms. The fourth-order valence-electron chi connectivity index (χ4n) is 2.05. The summed E-state index contributed by atoms with van der Waals surface area (Å²) in [4.78, 5) is 4.21. The van der Waals surface area contributed by atoms with Gasteiger partial charge in [0.2, 0.25) is 0 Å². The fraction of sp³-hybridized carbons (Fsp3) is 0.588. The number of guanidine groups is 1. The molecule has 0 saturated heterocycles. The van der Waals surface area contributed by atoms with Gasteiger partial charge in [0.25, 0.3) is 0 Å². The number of rotatable bonds is 8. The lowest BCUT2D eigenvalue weighted by Gasteiger charge is -2.17. The average Bonchev–Trinajstić information content (AvgIpc) is 2.47. The lowest BCUT2D eigenvalue weighted by molar-refractivity contribution is 0.179. The number of aliphatic imine (C=N–C) groups is 1. The van der Waals surface area contributed by atoms with Crippen molar-refractivity contribution in [2.45, 2.75) is 39.3 Å². The first-order valence-corrected chi connectivity index (χ1v) is 7.77. The number of hydrogen-bond acceptors (Lipinski definition) is 3. The molecule has 0 aliphatic rings. The van der Waals surface area contributed by atoms with Crippen molar-refractivity contribution in [1.82, 2.24) is 10.6 Å². The molecule has 1 aromatic rings. The first-order valence-electron chi connectivity index (χ1n) is 7.77. The molecule has 0 fully saturated rings. The second-order valence-corrected chi connectivity index (χ2v) is 5.56. The summed E-state index contributed by atoms with van der Waals surface area (Å²) < 4.78 is 10.7. The van der Waals surface area contributed by atoms with Crippen LogP contribution in [0.15, 0.2) is 29.3 Å². The molecule has 1 rings (SSSR count). The molecule has 132 valence electrons. The van der Waals surface area contributed by atoms with Gasteiger partial charge in [-0.1, -0.05) is 12.1 Å². The smallest absolute Gasteiger partial charge is 0.191 e. The van der Waals surface area contributed by atoms with Crippen LogP contribution in [0.5, 0.6) is 5.75 Å². The number of methoxy groups -OCH3 is 1. The Balaban J connectivity index is 0.00000484. The topological polar surface area (TPSA) is 54.9 Å². The summed E-state index contributed by atoms with van der Waals surface area (Å²) >= 11 is 0. The molecule has 0 amide bonds. The standard InChI is InChI=1S/C17H29N3O2.HI/c1-13(2)22-16-8-6-15(7-9-16)10-11-19-17(18-4)20-14(3)12-21-5;/h6-9,13-14H,10-12H2,1-5H3,(H2,18,19,20);1H. The summed E-state index contributed by atoms with van der Waals surface area (Å²) in [6.45, 7) is 7.59. The molecule has 2 N–H and O–H groups in total. The minimum atomic E-state index is 0. The van der Waals surface area contributed by atoms with Crippen molar-refractivity contribution in [3.63, 3.8) is 0 Å². The Morgan fingerprint density at radius 3 is 2.35 bits per heavy atom. The van der Waals surface area contributed by atoms with Crippen LogP contribution in [-0.2, 0) is 11.2 Å². The number of halogens is 1. The number of benzene rings is 1. The zero-order valence-corrected chi connectivity index (χ0v) is 17.1. The maximum Gasteiger partial charge on any atom is 0.191 e. The van der Waals surface area contributed by atoms with E-state index in [1.165, 1.54) is 5.56 Å². The van der Waals surface area contributed by atoms with Crippen LogP contribution in [0, 0.1) is 0 Å². The zero-order chi connectivity index (χ0) is 16.4. The van der Waals surface area contributed by atoms with Crippen LogP contribution in [0.2, 0.25) is 0 Å². The van der Waals surface area contributed by atoms with E-state index < -0.39 is 0 Å². The first kappa shape index (κ1) is 22.0. The maximum atomic E-state index is 5.64. The molecule has 0 heterocycles. The van der Waals surface area contributed by atoms with Crippen molar-refractivity contribution in [2.24, 2.45) is 4.99 Å². The van der Waals surface area contributed by atoms with Gasteiger partial charge in [-0.25, -0.2) is 0 Å². The third-order valence-corrected chi connectivity index (χ3v) is 3.02. The van der Waals surface area contributed by atoms with E-state index in [4.69, 9.17) is 9.47 Å². The quantitative estimate of drug-likeness (QED) is 0.375. The summed E-state index contributed by atoms with van der Waals surface area (Å²) in [7, 11) is 3.47. The maximum absolute atomic E-state index is 5.64. The Hall–Kier alpha value is -1.02. The van der Waals surface area contributed by atoms with Crippen LogP contribution in [0.1, 0.15) is 26.3 Å². The van der Waals surface area contributed by atoms with E-state index in [0.29, 0.717) is 6.61 Å². The highest BCUT2D eigenvalue weighted by Crippen LogP contribution is 2.13. The normalized spacial score (nSPS) is 12.5. The number of nitrogens with one attached hydrogen (secondary N) is 2. The number of nitrogens with zero attached hydrogens (tertiary/aromatic N) is 1. The summed E-state index contributed by atoms with van der Waals surface area (Å²) in [5, 5.41) is 6.58. The molecule has 1 unspecified atom stereocenters. The Morgan fingerprint density at radius 2 is 1.83 bits per heavy atom. The number of hydrogen-bond donors (Lipinski definition) is 2. The molecule has 0 spiro atoms. The summed E-state index contributed by atoms with van der Waals surface area (Å²) in [6.07, 6.45) is 1.14. The summed E-state index contributed by atoms with van der Waals surface area (Å²) in [5.74, 6) is 1.71. The largest absolute Gasteiger partial charge is 0.491 e. The van der Waals surface area contributed by atoms with Crippen molar-refractivity contribution >= 4 is 29.9 Å². The van der Waals surface area contributed by atoms with Crippen molar-refractivity contribution in [1.29, 1.82) is 0 Å². The molecular formula is C17H30IN3O2. The molecule has 0 radical (unpaired) electrons. The Kier molecular flexibility index (Phi) is 11.9. The van der Waals surface area contributed by atoms with E-state index in [1.807, 2.05) is 26.0 Å². The molecule has 0 aliphatic heterocycles. The second kappa shape index (κ2) is 12.4. The van der Waals surface area contributed by atoms with Crippen LogP contribution < -0.4 is 15.4 Å². The zero-order valence-electron chi connectivity index (χ0n) is 14.8. The molecule has 0 bridgehead atoms. The minimum absolute atomic E-state index is 0. The molecule has 0 aliphatic carbocycles. The van der Waals surface area contributed by atoms with Crippen molar-refractivity contribution < 1.29 is 9.47 Å². The van der Waals surface area contributed by atoms with E-state index in [1.54, 1.807) is 14.2 Å². The molecule has 1 atom stereocenters. The summed E-state index contributed by atoms with van der Waals surface area (Å²) in [5.41, 5.74) is 1.27. The van der Waals surface area contributed by atoms with Crippen LogP contribution >= 0.6 is 24.0 Å². The van der Waals surface area contributed by atoms with Gasteiger partial charge in [-0.05, 0) is 44.9 Å². The highest BCUT2D eigenvalue weighted by molar-refractivity contribution is 14.0. The van der Waals surface area contributed by atoms with E-state index in [2.05, 4.69) is 34.7 Å². The SMILES string of the molecule is CN=C(NCCc1ccc(OC(C)C)cc1)NC(C)COC.I. The molecular weight excluding hydrogens is 405 g/mol. The van der Waals surface area contributed by atoms with Gasteiger partial charge in [0, 0.05) is 26.7 Å². The van der Waals surface area contributed by atoms with Crippen molar-refractivity contribution in [3.05, 3.63) is 29.8 Å². The van der Waals surface area contributed by atoms with Gasteiger partial charge in [0.05, 0.1) is 12.7 Å². The number of ether oxygens (including phenoxy) is 2. The van der Waals surface area contributed by atoms with E-state index in [9.17, 15) is 0 Å². The lowest BCUT2D eigenvalue weighted by Crippen LogP contribution is -2.44. The van der Waals surface area contributed by atoms with Crippen LogP contribution in [0.4, 0.5) is 0 Å². The first-order chi connectivity index (χ1) is 10.5. The summed E-state index contributed by atoms with van der Waals surface area (Å²) in [6, 6.07) is 8.46. The van der Waals surface area contributed by atoms with E-state index in [0.717, 1.165) is 24.7 Å². The predicted molar refractivity (Wildman–Crippen MR) is 107 cm³/mol. The molecule has 5 nitrogen and oxygen atoms in total. The van der Waals surface area contributed by atoms with Gasteiger partial charge >= 0.3 is 0 Å². The molecule has 0 aromatic heterocycles. The fourth-order valence-corrected chi connectivity index (χ4v) is 2.05. The Labute approximate surface area is 157 Å². The third-order valence-electron chi connectivity index (χ3n) is 3.02. The second-order valence-electron chi connectivity index (χ2n) is 5.56. The van der Waals surface area contributed by atoms with Gasteiger partial charge in [0.15, 0.2) is 5.96 Å². The van der Waals surface area contributed by atoms with Crippen LogP contribution in [0.3, 0.4) is 0 Å². The highest BCUT2D eigenvalue weighted by Gasteiger charge is 2.04. The minimum Gasteiger partial charge on any atom is -0.491 e. The predicted octanol–water partition coefficient (Wildman–Crippen LogP) is 2.83. The van der Waals surface area contributed by atoms with Gasteiger partial charge in [-0.3, -0.25) is 4.99 Å². The van der Waals surface area contributed by atoms with Gasteiger partial charge in [0.1, 0.15) is 5.75 Å². The lowest BCUT2D eigenvalue weighted by atomic mass is 10.1. The molecule has 1 aromatic carbocycles. The molecule has 0 saturated carbocycles. The monoisotopic (exact) mass is 435 g/mol. The Bertz CT molecular complexity index is 450. The third kappa shape index (κ3) is 9.65. The van der Waals surface area contributed by atoms with Crippen molar-refractivity contribution in [3.8, 4) is 5.75 Å². The average molecular weight is 435 g/mol. The van der Waals surface area contributed by atoms with Gasteiger partial charge < -0.3 is 20.1 Å². The Morgan fingerprint density at radius 1 is 1.17 bits per heavy atom.